The highest BCUT2D eigenvalue weighted by molar-refractivity contribution is 5.84. The standard InChI is InChI=1S/C22H21FN6O/c1-14(9-18(24)11-19-10-15(2)30-28-19)29-13-27-21(16-3-5-17(23)6-4-16)22(29)20-7-8-25-12-26-20/h3-8,10,12-14,24H,9,11H2,1-2H3. The average Bonchev–Trinajstić information content (AvgIpc) is 3.35. The number of imidazole rings is 1. The Morgan fingerprint density at radius 1 is 1.20 bits per heavy atom. The summed E-state index contributed by atoms with van der Waals surface area (Å²) in [5, 5.41) is 12.4. The number of nitrogens with one attached hydrogen (secondary N) is 1. The van der Waals surface area contributed by atoms with Crippen molar-refractivity contribution in [3.05, 3.63) is 72.5 Å². The summed E-state index contributed by atoms with van der Waals surface area (Å²) in [5.74, 6) is 0.433. The molecule has 4 aromatic rings. The lowest BCUT2D eigenvalue weighted by molar-refractivity contribution is 0.392. The van der Waals surface area contributed by atoms with Gasteiger partial charge in [0.15, 0.2) is 0 Å². The number of nitrogens with zero attached hydrogens (tertiary/aromatic N) is 5. The Morgan fingerprint density at radius 3 is 2.67 bits per heavy atom. The second-order valence-electron chi connectivity index (χ2n) is 7.21. The minimum atomic E-state index is -0.299. The Labute approximate surface area is 173 Å². The summed E-state index contributed by atoms with van der Waals surface area (Å²) in [6.07, 6.45) is 5.86. The first-order valence-corrected chi connectivity index (χ1v) is 9.59. The number of hydrogen-bond donors (Lipinski definition) is 1. The number of rotatable bonds is 7. The van der Waals surface area contributed by atoms with E-state index < -0.39 is 0 Å². The van der Waals surface area contributed by atoms with Crippen LogP contribution in [0.3, 0.4) is 0 Å². The molecule has 0 aliphatic carbocycles. The summed E-state index contributed by atoms with van der Waals surface area (Å²) < 4.78 is 20.5. The van der Waals surface area contributed by atoms with Crippen LogP contribution in [-0.4, -0.2) is 30.4 Å². The number of aryl methyl sites for hydroxylation is 1. The van der Waals surface area contributed by atoms with Gasteiger partial charge in [-0.25, -0.2) is 19.3 Å². The van der Waals surface area contributed by atoms with Crippen LogP contribution in [0.5, 0.6) is 0 Å². The first-order valence-electron chi connectivity index (χ1n) is 9.59. The molecule has 0 aliphatic rings. The van der Waals surface area contributed by atoms with Crippen LogP contribution >= 0.6 is 0 Å². The molecule has 1 unspecified atom stereocenters. The Bertz CT molecular complexity index is 1150. The molecule has 1 aromatic carbocycles. The van der Waals surface area contributed by atoms with E-state index >= 15 is 0 Å². The van der Waals surface area contributed by atoms with Crippen LogP contribution in [0.2, 0.25) is 0 Å². The molecule has 4 rings (SSSR count). The van der Waals surface area contributed by atoms with Crippen LogP contribution in [0.1, 0.15) is 30.8 Å². The zero-order chi connectivity index (χ0) is 21.1. The maximum atomic E-state index is 13.4. The maximum Gasteiger partial charge on any atom is 0.133 e. The van der Waals surface area contributed by atoms with Gasteiger partial charge in [-0.15, -0.1) is 0 Å². The van der Waals surface area contributed by atoms with E-state index in [1.54, 1.807) is 24.7 Å². The molecule has 0 radical (unpaired) electrons. The van der Waals surface area contributed by atoms with Crippen molar-refractivity contribution in [1.29, 1.82) is 5.41 Å². The topological polar surface area (TPSA) is 93.5 Å². The van der Waals surface area contributed by atoms with E-state index in [9.17, 15) is 4.39 Å². The Balaban J connectivity index is 1.65. The lowest BCUT2D eigenvalue weighted by Crippen LogP contribution is -2.13. The molecule has 0 bridgehead atoms. The molecular weight excluding hydrogens is 383 g/mol. The molecule has 0 fully saturated rings. The first-order chi connectivity index (χ1) is 14.5. The number of hydrogen-bond acceptors (Lipinski definition) is 6. The molecule has 3 heterocycles. The normalized spacial score (nSPS) is 12.1. The van der Waals surface area contributed by atoms with E-state index in [1.807, 2.05) is 30.5 Å². The van der Waals surface area contributed by atoms with Crippen molar-refractivity contribution in [2.45, 2.75) is 32.7 Å². The Kier molecular flexibility index (Phi) is 5.47. The zero-order valence-corrected chi connectivity index (χ0v) is 16.7. The van der Waals surface area contributed by atoms with E-state index in [2.05, 4.69) is 20.1 Å². The van der Waals surface area contributed by atoms with E-state index in [4.69, 9.17) is 9.93 Å². The largest absolute Gasteiger partial charge is 0.361 e. The van der Waals surface area contributed by atoms with Crippen LogP contribution in [0.4, 0.5) is 4.39 Å². The van der Waals surface area contributed by atoms with Gasteiger partial charge in [0.25, 0.3) is 0 Å². The highest BCUT2D eigenvalue weighted by Gasteiger charge is 2.20. The molecule has 152 valence electrons. The molecule has 30 heavy (non-hydrogen) atoms. The van der Waals surface area contributed by atoms with E-state index in [0.717, 1.165) is 22.7 Å². The fourth-order valence-corrected chi connectivity index (χ4v) is 3.45. The van der Waals surface area contributed by atoms with Gasteiger partial charge in [0.2, 0.25) is 0 Å². The maximum absolute atomic E-state index is 13.4. The fraction of sp³-hybridized carbons (Fsp3) is 0.227. The van der Waals surface area contributed by atoms with E-state index in [0.29, 0.717) is 29.9 Å². The molecule has 0 aliphatic heterocycles. The zero-order valence-electron chi connectivity index (χ0n) is 16.7. The fourth-order valence-electron chi connectivity index (χ4n) is 3.45. The SMILES string of the molecule is Cc1cc(CC(=N)CC(C)n2cnc(-c3ccc(F)cc3)c2-c2ccncn2)no1. The third kappa shape index (κ3) is 4.17. The molecule has 0 saturated carbocycles. The van der Waals surface area contributed by atoms with Crippen molar-refractivity contribution in [3.63, 3.8) is 0 Å². The number of halogens is 1. The van der Waals surface area contributed by atoms with E-state index in [1.165, 1.54) is 18.5 Å². The van der Waals surface area contributed by atoms with Crippen molar-refractivity contribution in [3.8, 4) is 22.6 Å². The second kappa shape index (κ2) is 8.36. The molecule has 0 spiro atoms. The number of benzene rings is 1. The quantitative estimate of drug-likeness (QED) is 0.452. The molecule has 1 atom stereocenters. The van der Waals surface area contributed by atoms with Gasteiger partial charge in [-0.3, -0.25) is 0 Å². The smallest absolute Gasteiger partial charge is 0.133 e. The summed E-state index contributed by atoms with van der Waals surface area (Å²) in [4.78, 5) is 13.0. The van der Waals surface area contributed by atoms with E-state index in [-0.39, 0.29) is 11.9 Å². The predicted molar refractivity (Wildman–Crippen MR) is 111 cm³/mol. The van der Waals surface area contributed by atoms with Crippen molar-refractivity contribution >= 4 is 5.71 Å². The van der Waals surface area contributed by atoms with Gasteiger partial charge in [0.1, 0.15) is 17.9 Å². The molecule has 3 aromatic heterocycles. The van der Waals surface area contributed by atoms with Crippen molar-refractivity contribution in [1.82, 2.24) is 24.7 Å². The lowest BCUT2D eigenvalue weighted by atomic mass is 10.0. The van der Waals surface area contributed by atoms with Gasteiger partial charge < -0.3 is 14.5 Å². The van der Waals surface area contributed by atoms with Crippen molar-refractivity contribution in [2.75, 3.05) is 0 Å². The minimum Gasteiger partial charge on any atom is -0.361 e. The van der Waals surface area contributed by atoms with Gasteiger partial charge in [-0.2, -0.15) is 0 Å². The lowest BCUT2D eigenvalue weighted by Gasteiger charge is -2.17. The minimum absolute atomic E-state index is 0.0443. The highest BCUT2D eigenvalue weighted by atomic mass is 19.1. The van der Waals surface area contributed by atoms with Crippen LogP contribution in [0, 0.1) is 18.2 Å². The van der Waals surface area contributed by atoms with Crippen molar-refractivity contribution in [2.24, 2.45) is 0 Å². The summed E-state index contributed by atoms with van der Waals surface area (Å²) in [6, 6.07) is 9.84. The van der Waals surface area contributed by atoms with Crippen molar-refractivity contribution < 1.29 is 8.91 Å². The summed E-state index contributed by atoms with van der Waals surface area (Å²) in [5.41, 5.74) is 4.32. The van der Waals surface area contributed by atoms with Crippen LogP contribution in [0.25, 0.3) is 22.6 Å². The van der Waals surface area contributed by atoms with Crippen LogP contribution in [-0.2, 0) is 6.42 Å². The molecular formula is C22H21FN6O. The summed E-state index contributed by atoms with van der Waals surface area (Å²) in [7, 11) is 0. The Hall–Kier alpha value is -3.68. The monoisotopic (exact) mass is 404 g/mol. The van der Waals surface area contributed by atoms with Gasteiger partial charge in [-0.1, -0.05) is 5.16 Å². The third-order valence-corrected chi connectivity index (χ3v) is 4.82. The molecule has 8 heteroatoms. The van der Waals surface area contributed by atoms with Crippen LogP contribution < -0.4 is 0 Å². The van der Waals surface area contributed by atoms with Crippen LogP contribution in [0.15, 0.2) is 59.8 Å². The molecule has 0 amide bonds. The average molecular weight is 404 g/mol. The number of aromatic nitrogens is 5. The predicted octanol–water partition coefficient (Wildman–Crippen LogP) is 4.66. The third-order valence-electron chi connectivity index (χ3n) is 4.82. The molecule has 0 saturated heterocycles. The van der Waals surface area contributed by atoms with Gasteiger partial charge in [-0.05, 0) is 44.2 Å². The molecule has 1 N–H and O–H groups in total. The first kappa shape index (κ1) is 19.6. The highest BCUT2D eigenvalue weighted by Crippen LogP contribution is 2.33. The van der Waals surface area contributed by atoms with Gasteiger partial charge in [0, 0.05) is 42.4 Å². The second-order valence-corrected chi connectivity index (χ2v) is 7.21. The summed E-state index contributed by atoms with van der Waals surface area (Å²) in [6.45, 7) is 3.86. The van der Waals surface area contributed by atoms with Gasteiger partial charge >= 0.3 is 0 Å². The summed E-state index contributed by atoms with van der Waals surface area (Å²) >= 11 is 0. The van der Waals surface area contributed by atoms with Gasteiger partial charge in [0.05, 0.1) is 29.1 Å². The Morgan fingerprint density at radius 2 is 2.00 bits per heavy atom. The molecule has 7 nitrogen and oxygen atoms in total.